The lowest BCUT2D eigenvalue weighted by molar-refractivity contribution is -0.298. The molecular weight excluding hydrogens is 397 g/mol. The van der Waals surface area contributed by atoms with Crippen molar-refractivity contribution in [3.8, 4) is 11.3 Å². The maximum Gasteiger partial charge on any atom is 0.213 e. The molecule has 0 saturated heterocycles. The van der Waals surface area contributed by atoms with Crippen LogP contribution >= 0.6 is 35.0 Å². The number of aromatic nitrogens is 3. The predicted molar refractivity (Wildman–Crippen MR) is 98.8 cm³/mol. The number of carboxylic acid groups (broad SMARTS) is 1. The van der Waals surface area contributed by atoms with Crippen molar-refractivity contribution in [1.82, 2.24) is 15.2 Å². The van der Waals surface area contributed by atoms with Crippen LogP contribution in [-0.2, 0) is 11.2 Å². The average Bonchev–Trinajstić information content (AvgIpc) is 3.23. The normalized spacial score (nSPS) is 11.7. The van der Waals surface area contributed by atoms with Crippen molar-refractivity contribution >= 4 is 47.0 Å². The number of aromatic amines is 1. The first-order chi connectivity index (χ1) is 12.5. The minimum absolute atomic E-state index is 0.0743. The van der Waals surface area contributed by atoms with Crippen molar-refractivity contribution in [2.24, 2.45) is 0 Å². The number of carbonyl (C=O) groups is 1. The number of H-pyrrole nitrogens is 1. The molecule has 2 heterocycles. The zero-order chi connectivity index (χ0) is 18.7. The fraction of sp³-hybridized carbons (Fsp3) is 0.118. The van der Waals surface area contributed by atoms with E-state index in [9.17, 15) is 9.90 Å². The largest absolute Gasteiger partial charge is 0.544 e. The van der Waals surface area contributed by atoms with Crippen LogP contribution in [0.4, 0.5) is 0 Å². The number of thioether (sulfide) groups is 1. The molecule has 2 aromatic heterocycles. The van der Waals surface area contributed by atoms with E-state index in [1.54, 1.807) is 30.3 Å². The zero-order valence-electron chi connectivity index (χ0n) is 13.5. The highest BCUT2D eigenvalue weighted by Gasteiger charge is 2.11. The quantitative estimate of drug-likeness (QED) is 0.491. The summed E-state index contributed by atoms with van der Waals surface area (Å²) in [5.41, 5.74) is 0.653. The second-order valence-electron chi connectivity index (χ2n) is 5.14. The Labute approximate surface area is 163 Å². The van der Waals surface area contributed by atoms with E-state index in [0.717, 1.165) is 11.8 Å². The van der Waals surface area contributed by atoms with Crippen LogP contribution in [0.2, 0.25) is 10.0 Å². The van der Waals surface area contributed by atoms with E-state index in [1.165, 1.54) is 6.08 Å². The fourth-order valence-electron chi connectivity index (χ4n) is 2.10. The number of hydrogen-bond donors (Lipinski definition) is 1. The molecule has 0 unspecified atom stereocenters. The Morgan fingerprint density at radius 3 is 2.81 bits per heavy atom. The van der Waals surface area contributed by atoms with Crippen molar-refractivity contribution in [1.29, 1.82) is 0 Å². The Morgan fingerprint density at radius 2 is 2.15 bits per heavy atom. The molecule has 3 aromatic rings. The van der Waals surface area contributed by atoms with Gasteiger partial charge in [-0.3, -0.25) is 5.10 Å². The van der Waals surface area contributed by atoms with Crippen molar-refractivity contribution < 1.29 is 14.3 Å². The number of carbonyl (C=O) groups excluding carboxylic acids is 1. The van der Waals surface area contributed by atoms with Gasteiger partial charge >= 0.3 is 0 Å². The fourth-order valence-corrected chi connectivity index (χ4v) is 3.31. The molecule has 1 N–H and O–H groups in total. The summed E-state index contributed by atoms with van der Waals surface area (Å²) in [7, 11) is 0. The first-order valence-electron chi connectivity index (χ1n) is 7.53. The summed E-state index contributed by atoms with van der Waals surface area (Å²) in [6.07, 6.45) is 2.02. The van der Waals surface area contributed by atoms with E-state index in [1.807, 2.05) is 6.92 Å². The standard InChI is InChI=1S/C17H13Cl2N3O3S/c1-2-15-20-17(22-21-15)26-14(16(23)24)8-10-4-6-13(25-10)11-5-3-9(18)7-12(11)19/h3-8H,2H2,1H3,(H,23,24)(H,20,21,22)/p-1/b14-8+. The minimum atomic E-state index is -1.35. The van der Waals surface area contributed by atoms with Gasteiger partial charge in [-0.2, -0.15) is 0 Å². The van der Waals surface area contributed by atoms with Crippen LogP contribution in [0.5, 0.6) is 0 Å². The molecule has 0 atom stereocenters. The third-order valence-electron chi connectivity index (χ3n) is 3.35. The van der Waals surface area contributed by atoms with Gasteiger partial charge in [0, 0.05) is 21.9 Å². The Bertz CT molecular complexity index is 981. The van der Waals surface area contributed by atoms with Crippen molar-refractivity contribution in [3.05, 3.63) is 56.9 Å². The van der Waals surface area contributed by atoms with Crippen LogP contribution in [0, 0.1) is 0 Å². The summed E-state index contributed by atoms with van der Waals surface area (Å²) in [6.45, 7) is 1.91. The van der Waals surface area contributed by atoms with Crippen LogP contribution in [-0.4, -0.2) is 21.2 Å². The maximum atomic E-state index is 11.4. The summed E-state index contributed by atoms with van der Waals surface area (Å²) in [5.74, 6) is 0.152. The summed E-state index contributed by atoms with van der Waals surface area (Å²) < 4.78 is 5.68. The van der Waals surface area contributed by atoms with E-state index in [0.29, 0.717) is 44.5 Å². The molecule has 0 aliphatic heterocycles. The van der Waals surface area contributed by atoms with Crippen molar-refractivity contribution in [3.63, 3.8) is 0 Å². The molecule has 134 valence electrons. The molecule has 9 heteroatoms. The molecule has 26 heavy (non-hydrogen) atoms. The lowest BCUT2D eigenvalue weighted by atomic mass is 10.2. The topological polar surface area (TPSA) is 94.8 Å². The van der Waals surface area contributed by atoms with Gasteiger partial charge in [0.05, 0.1) is 11.0 Å². The number of hydrogen-bond acceptors (Lipinski definition) is 6. The number of furan rings is 1. The molecule has 0 saturated carbocycles. The Hall–Kier alpha value is -2.22. The number of halogens is 2. The molecule has 0 bridgehead atoms. The number of nitrogens with zero attached hydrogens (tertiary/aromatic N) is 2. The van der Waals surface area contributed by atoms with Gasteiger partial charge in [0.2, 0.25) is 5.16 Å². The Kier molecular flexibility index (Phi) is 5.70. The highest BCUT2D eigenvalue weighted by Crippen LogP contribution is 2.33. The molecule has 0 aliphatic carbocycles. The number of benzene rings is 1. The van der Waals surface area contributed by atoms with Crippen LogP contribution in [0.25, 0.3) is 17.4 Å². The smallest absolute Gasteiger partial charge is 0.213 e. The number of nitrogens with one attached hydrogen (secondary N) is 1. The second-order valence-corrected chi connectivity index (χ2v) is 7.00. The lowest BCUT2D eigenvalue weighted by Gasteiger charge is -2.04. The van der Waals surface area contributed by atoms with Crippen LogP contribution < -0.4 is 5.11 Å². The zero-order valence-corrected chi connectivity index (χ0v) is 15.8. The third kappa shape index (κ3) is 4.30. The van der Waals surface area contributed by atoms with Gasteiger partial charge in [-0.15, -0.1) is 5.10 Å². The predicted octanol–water partition coefficient (Wildman–Crippen LogP) is 3.82. The van der Waals surface area contributed by atoms with Gasteiger partial charge in [-0.05, 0) is 48.2 Å². The summed E-state index contributed by atoms with van der Waals surface area (Å²) >= 11 is 12.9. The van der Waals surface area contributed by atoms with Crippen molar-refractivity contribution in [2.45, 2.75) is 18.5 Å². The van der Waals surface area contributed by atoms with Crippen LogP contribution in [0.1, 0.15) is 18.5 Å². The molecule has 6 nitrogen and oxygen atoms in total. The minimum Gasteiger partial charge on any atom is -0.544 e. The molecule has 3 rings (SSSR count). The summed E-state index contributed by atoms with van der Waals surface area (Å²) in [6, 6.07) is 8.36. The van der Waals surface area contributed by atoms with Crippen LogP contribution in [0.15, 0.2) is 44.8 Å². The SMILES string of the molecule is CCc1nc(S/C(=C/c2ccc(-c3ccc(Cl)cc3Cl)o2)C(=O)[O-])n[nH]1. The first kappa shape index (κ1) is 18.6. The lowest BCUT2D eigenvalue weighted by Crippen LogP contribution is -2.23. The van der Waals surface area contributed by atoms with Crippen molar-refractivity contribution in [2.75, 3.05) is 0 Å². The molecule has 0 fully saturated rings. The average molecular weight is 409 g/mol. The molecule has 0 amide bonds. The highest BCUT2D eigenvalue weighted by atomic mass is 35.5. The van der Waals surface area contributed by atoms with E-state index < -0.39 is 5.97 Å². The Morgan fingerprint density at radius 1 is 1.35 bits per heavy atom. The van der Waals surface area contributed by atoms with Gasteiger partial charge in [0.1, 0.15) is 17.3 Å². The number of aliphatic carboxylic acids is 1. The van der Waals surface area contributed by atoms with E-state index in [2.05, 4.69) is 15.2 Å². The second kappa shape index (κ2) is 7.99. The number of carboxylic acids is 1. The maximum absolute atomic E-state index is 11.4. The molecule has 0 radical (unpaired) electrons. The summed E-state index contributed by atoms with van der Waals surface area (Å²) in [5, 5.41) is 19.3. The van der Waals surface area contributed by atoms with Crippen LogP contribution in [0.3, 0.4) is 0 Å². The Balaban J connectivity index is 1.86. The third-order valence-corrected chi connectivity index (χ3v) is 4.76. The molecular formula is C17H12Cl2N3O3S-. The van der Waals surface area contributed by atoms with Gasteiger partial charge in [0.15, 0.2) is 0 Å². The van der Waals surface area contributed by atoms with Gasteiger partial charge in [-0.1, -0.05) is 30.1 Å². The number of aryl methyl sites for hydroxylation is 1. The van der Waals surface area contributed by atoms with E-state index in [-0.39, 0.29) is 4.91 Å². The van der Waals surface area contributed by atoms with Gasteiger partial charge in [-0.25, -0.2) is 4.98 Å². The summed E-state index contributed by atoms with van der Waals surface area (Å²) in [4.78, 5) is 15.5. The monoisotopic (exact) mass is 408 g/mol. The van der Waals surface area contributed by atoms with E-state index >= 15 is 0 Å². The highest BCUT2D eigenvalue weighted by molar-refractivity contribution is 8.04. The van der Waals surface area contributed by atoms with Gasteiger partial charge < -0.3 is 14.3 Å². The van der Waals surface area contributed by atoms with E-state index in [4.69, 9.17) is 27.6 Å². The molecule has 1 aromatic carbocycles. The molecule has 0 spiro atoms. The first-order valence-corrected chi connectivity index (χ1v) is 9.11. The van der Waals surface area contributed by atoms with Gasteiger partial charge in [0.25, 0.3) is 0 Å². The molecule has 0 aliphatic rings. The number of rotatable bonds is 6.